The van der Waals surface area contributed by atoms with Gasteiger partial charge in [-0.2, -0.15) is 0 Å². The van der Waals surface area contributed by atoms with Gasteiger partial charge < -0.3 is 4.74 Å². The number of esters is 1. The molecule has 21 heavy (non-hydrogen) atoms. The second-order valence-electron chi connectivity index (χ2n) is 5.63. The Labute approximate surface area is 129 Å². The van der Waals surface area contributed by atoms with E-state index in [9.17, 15) is 4.79 Å². The molecule has 1 rings (SSSR count). The Balaban J connectivity index is 2.38. The summed E-state index contributed by atoms with van der Waals surface area (Å²) in [6.45, 7) is 4.57. The summed E-state index contributed by atoms with van der Waals surface area (Å²) in [5.41, 5.74) is 1.09. The molecule has 0 fully saturated rings. The fourth-order valence-electron chi connectivity index (χ4n) is 2.65. The van der Waals surface area contributed by atoms with Gasteiger partial charge in [0.1, 0.15) is 0 Å². The number of rotatable bonds is 11. The van der Waals surface area contributed by atoms with E-state index in [1.54, 1.807) is 0 Å². The molecule has 0 spiro atoms. The lowest BCUT2D eigenvalue weighted by Gasteiger charge is -2.15. The monoisotopic (exact) mass is 290 g/mol. The fraction of sp³-hybridized carbons (Fsp3) is 0.632. The van der Waals surface area contributed by atoms with E-state index in [1.807, 2.05) is 37.3 Å². The molecule has 2 nitrogen and oxygen atoms in total. The molecule has 0 saturated heterocycles. The smallest absolute Gasteiger partial charge is 0.313 e. The van der Waals surface area contributed by atoms with Crippen molar-refractivity contribution < 1.29 is 9.53 Å². The lowest BCUT2D eigenvalue weighted by molar-refractivity contribution is -0.145. The topological polar surface area (TPSA) is 26.3 Å². The zero-order valence-electron chi connectivity index (χ0n) is 13.6. The van der Waals surface area contributed by atoms with Crippen LogP contribution in [0.2, 0.25) is 0 Å². The van der Waals surface area contributed by atoms with Gasteiger partial charge in [-0.1, -0.05) is 82.2 Å². The van der Waals surface area contributed by atoms with E-state index in [4.69, 9.17) is 4.74 Å². The minimum atomic E-state index is -0.0956. The van der Waals surface area contributed by atoms with Crippen LogP contribution in [0.4, 0.5) is 0 Å². The molecule has 0 amide bonds. The van der Waals surface area contributed by atoms with E-state index in [1.165, 1.54) is 38.5 Å². The van der Waals surface area contributed by atoms with Crippen molar-refractivity contribution in [1.82, 2.24) is 0 Å². The first-order valence-corrected chi connectivity index (χ1v) is 8.51. The average Bonchev–Trinajstić information content (AvgIpc) is 2.51. The highest BCUT2D eigenvalue weighted by atomic mass is 16.5. The van der Waals surface area contributed by atoms with Crippen LogP contribution in [-0.2, 0) is 9.53 Å². The van der Waals surface area contributed by atoms with E-state index in [0.717, 1.165) is 18.4 Å². The predicted molar refractivity (Wildman–Crippen MR) is 88.4 cm³/mol. The molecular weight excluding hydrogens is 260 g/mol. The molecule has 0 heterocycles. The molecule has 0 aliphatic carbocycles. The maximum atomic E-state index is 12.1. The molecule has 1 atom stereocenters. The molecule has 2 heteroatoms. The van der Waals surface area contributed by atoms with Crippen molar-refractivity contribution in [3.8, 4) is 0 Å². The lowest BCUT2D eigenvalue weighted by atomic mass is 9.93. The van der Waals surface area contributed by atoms with Crippen molar-refractivity contribution in [2.75, 3.05) is 6.61 Å². The van der Waals surface area contributed by atoms with Crippen molar-refractivity contribution in [3.05, 3.63) is 35.9 Å². The average molecular weight is 290 g/mol. The van der Waals surface area contributed by atoms with Crippen LogP contribution in [0, 0.1) is 0 Å². The van der Waals surface area contributed by atoms with Crippen LogP contribution in [0.25, 0.3) is 0 Å². The van der Waals surface area contributed by atoms with Crippen LogP contribution in [0.3, 0.4) is 0 Å². The molecule has 1 aromatic rings. The zero-order chi connectivity index (χ0) is 15.3. The molecule has 0 aliphatic heterocycles. The molecule has 0 N–H and O–H groups in total. The molecule has 1 unspecified atom stereocenters. The van der Waals surface area contributed by atoms with Crippen LogP contribution >= 0.6 is 0 Å². The third-order valence-electron chi connectivity index (χ3n) is 3.87. The van der Waals surface area contributed by atoms with Gasteiger partial charge in [0.05, 0.1) is 12.5 Å². The highest BCUT2D eigenvalue weighted by Crippen LogP contribution is 2.24. The van der Waals surface area contributed by atoms with E-state index >= 15 is 0 Å². The van der Waals surface area contributed by atoms with Crippen molar-refractivity contribution in [3.63, 3.8) is 0 Å². The van der Waals surface area contributed by atoms with Gasteiger partial charge in [0.2, 0.25) is 0 Å². The predicted octanol–water partition coefficient (Wildman–Crippen LogP) is 5.47. The standard InChI is InChI=1S/C19H30O2/c1-3-5-6-7-8-9-13-16-18(19(20)21-4-2)17-14-11-10-12-15-17/h10-12,14-15,18H,3-9,13,16H2,1-2H3. The maximum Gasteiger partial charge on any atom is 0.313 e. The van der Waals surface area contributed by atoms with Gasteiger partial charge in [0.25, 0.3) is 0 Å². The molecule has 0 saturated carbocycles. The molecule has 0 aromatic heterocycles. The highest BCUT2D eigenvalue weighted by Gasteiger charge is 2.20. The number of ether oxygens (including phenoxy) is 1. The third-order valence-corrected chi connectivity index (χ3v) is 3.87. The summed E-state index contributed by atoms with van der Waals surface area (Å²) < 4.78 is 5.23. The molecule has 0 bridgehead atoms. The van der Waals surface area contributed by atoms with E-state index in [-0.39, 0.29) is 11.9 Å². The first-order chi connectivity index (χ1) is 10.3. The van der Waals surface area contributed by atoms with Gasteiger partial charge in [0, 0.05) is 0 Å². The Morgan fingerprint density at radius 1 is 0.952 bits per heavy atom. The normalized spacial score (nSPS) is 12.1. The maximum absolute atomic E-state index is 12.1. The Morgan fingerprint density at radius 3 is 2.19 bits per heavy atom. The summed E-state index contributed by atoms with van der Waals surface area (Å²) in [5.74, 6) is -0.170. The summed E-state index contributed by atoms with van der Waals surface area (Å²) >= 11 is 0. The van der Waals surface area contributed by atoms with Crippen LogP contribution in [0.15, 0.2) is 30.3 Å². The number of hydrogen-bond donors (Lipinski definition) is 0. The Hall–Kier alpha value is -1.31. The molecular formula is C19H30O2. The molecule has 118 valence electrons. The number of benzene rings is 1. The number of hydrogen-bond acceptors (Lipinski definition) is 2. The summed E-state index contributed by atoms with van der Waals surface area (Å²) in [5, 5.41) is 0. The number of carbonyl (C=O) groups excluding carboxylic acids is 1. The molecule has 0 aliphatic rings. The Bertz CT molecular complexity index is 372. The van der Waals surface area contributed by atoms with E-state index < -0.39 is 0 Å². The van der Waals surface area contributed by atoms with Gasteiger partial charge in [-0.15, -0.1) is 0 Å². The minimum Gasteiger partial charge on any atom is -0.466 e. The Kier molecular flexibility index (Phi) is 9.60. The summed E-state index contributed by atoms with van der Waals surface area (Å²) in [4.78, 5) is 12.1. The largest absolute Gasteiger partial charge is 0.466 e. The first-order valence-electron chi connectivity index (χ1n) is 8.51. The van der Waals surface area contributed by atoms with Crippen molar-refractivity contribution in [2.45, 2.75) is 71.1 Å². The second-order valence-corrected chi connectivity index (χ2v) is 5.63. The highest BCUT2D eigenvalue weighted by molar-refractivity contribution is 5.78. The summed E-state index contributed by atoms with van der Waals surface area (Å²) in [7, 11) is 0. The second kappa shape index (κ2) is 11.4. The summed E-state index contributed by atoms with van der Waals surface area (Å²) in [6.07, 6.45) is 9.80. The lowest BCUT2D eigenvalue weighted by Crippen LogP contribution is -2.16. The van der Waals surface area contributed by atoms with Gasteiger partial charge in [-0.3, -0.25) is 4.79 Å². The van der Waals surface area contributed by atoms with Crippen LogP contribution < -0.4 is 0 Å². The number of unbranched alkanes of at least 4 members (excludes halogenated alkanes) is 6. The number of carbonyl (C=O) groups is 1. The van der Waals surface area contributed by atoms with E-state index in [2.05, 4.69) is 6.92 Å². The van der Waals surface area contributed by atoms with Crippen molar-refractivity contribution >= 4 is 5.97 Å². The van der Waals surface area contributed by atoms with Crippen LogP contribution in [-0.4, -0.2) is 12.6 Å². The quantitative estimate of drug-likeness (QED) is 0.399. The first kappa shape index (κ1) is 17.7. The van der Waals surface area contributed by atoms with Crippen LogP contribution in [0.5, 0.6) is 0 Å². The molecule has 0 radical (unpaired) electrons. The SMILES string of the molecule is CCCCCCCCCC(C(=O)OCC)c1ccccc1. The Morgan fingerprint density at radius 2 is 1.57 bits per heavy atom. The van der Waals surface area contributed by atoms with E-state index in [0.29, 0.717) is 6.61 Å². The fourth-order valence-corrected chi connectivity index (χ4v) is 2.65. The van der Waals surface area contributed by atoms with Gasteiger partial charge in [0.15, 0.2) is 0 Å². The summed E-state index contributed by atoms with van der Waals surface area (Å²) in [6, 6.07) is 10.0. The van der Waals surface area contributed by atoms with Crippen molar-refractivity contribution in [1.29, 1.82) is 0 Å². The zero-order valence-corrected chi connectivity index (χ0v) is 13.6. The van der Waals surface area contributed by atoms with Crippen LogP contribution in [0.1, 0.15) is 76.7 Å². The minimum absolute atomic E-state index is 0.0744. The van der Waals surface area contributed by atoms with Gasteiger partial charge in [-0.25, -0.2) is 0 Å². The third kappa shape index (κ3) is 7.31. The molecule has 1 aromatic carbocycles. The van der Waals surface area contributed by atoms with Crippen molar-refractivity contribution in [2.24, 2.45) is 0 Å². The van der Waals surface area contributed by atoms with Gasteiger partial charge in [-0.05, 0) is 18.9 Å². The van der Waals surface area contributed by atoms with Gasteiger partial charge >= 0.3 is 5.97 Å².